The molecule has 0 aliphatic rings. The second-order valence-corrected chi connectivity index (χ2v) is 24.9. The fourth-order valence-corrected chi connectivity index (χ4v) is 12.6. The van der Waals surface area contributed by atoms with Gasteiger partial charge in [0, 0.05) is 23.9 Å². The van der Waals surface area contributed by atoms with Gasteiger partial charge in [-0.3, -0.25) is 0 Å². The van der Waals surface area contributed by atoms with Gasteiger partial charge < -0.3 is 14.2 Å². The van der Waals surface area contributed by atoms with Crippen molar-refractivity contribution in [3.05, 3.63) is 0 Å². The van der Waals surface area contributed by atoms with Crippen LogP contribution in [-0.4, -0.2) is 36.5 Å². The van der Waals surface area contributed by atoms with E-state index in [9.17, 15) is 0 Å². The van der Waals surface area contributed by atoms with Crippen molar-refractivity contribution in [1.82, 2.24) is 0 Å². The number of hydrogen-bond donors (Lipinski definition) is 0. The van der Waals surface area contributed by atoms with Gasteiger partial charge >= 0.3 is 0 Å². The van der Waals surface area contributed by atoms with Gasteiger partial charge in [0.1, 0.15) is 0 Å². The molecule has 0 spiro atoms. The van der Waals surface area contributed by atoms with Crippen LogP contribution in [0.15, 0.2) is 0 Å². The van der Waals surface area contributed by atoms with Crippen molar-refractivity contribution in [3.63, 3.8) is 0 Å². The van der Waals surface area contributed by atoms with E-state index in [0.717, 1.165) is 133 Å². The number of ether oxygens (including phenoxy) is 3. The summed E-state index contributed by atoms with van der Waals surface area (Å²) in [7, 11) is 0. The minimum Gasteiger partial charge on any atom is -0.353 e. The molecule has 3 nitrogen and oxygen atoms in total. The number of hydrogen-bond acceptors (Lipinski definition) is 3. The average molecular weight is 1020 g/mol. The summed E-state index contributed by atoms with van der Waals surface area (Å²) >= 11 is 7.22. The van der Waals surface area contributed by atoms with Crippen LogP contribution in [0.3, 0.4) is 0 Å². The Morgan fingerprint density at radius 1 is 0.286 bits per heavy atom. The maximum Gasteiger partial charge on any atom is 0.160 e. The highest BCUT2D eigenvalue weighted by Gasteiger charge is 2.22. The number of rotatable bonds is 46. The number of halogens is 2. The van der Waals surface area contributed by atoms with Gasteiger partial charge in [-0.05, 0) is 199 Å². The van der Waals surface area contributed by atoms with Crippen molar-refractivity contribution in [1.29, 1.82) is 0 Å². The molecule has 0 heterocycles. The highest BCUT2D eigenvalue weighted by atomic mass is 79.9. The second-order valence-electron chi connectivity index (χ2n) is 23.3. The first-order chi connectivity index (χ1) is 30.0. The molecule has 0 rings (SSSR count). The van der Waals surface area contributed by atoms with Crippen LogP contribution in [-0.2, 0) is 14.2 Å². The maximum absolute atomic E-state index is 6.80. The van der Waals surface area contributed by atoms with Crippen molar-refractivity contribution in [2.45, 2.75) is 276 Å². The molecule has 0 aliphatic heterocycles. The van der Waals surface area contributed by atoms with Gasteiger partial charge in [-0.2, -0.15) is 0 Å². The zero-order chi connectivity index (χ0) is 47.4. The van der Waals surface area contributed by atoms with E-state index in [4.69, 9.17) is 14.2 Å². The largest absolute Gasteiger partial charge is 0.353 e. The molecular weight excluding hydrogens is 904 g/mol. The number of unbranched alkanes of at least 4 members (excludes halogenated alkanes) is 4. The fourth-order valence-electron chi connectivity index (χ4n) is 11.9. The molecule has 380 valence electrons. The molecule has 0 aromatic carbocycles. The fraction of sp³-hybridized carbons (Fsp3) is 1.00. The monoisotopic (exact) mass is 1020 g/mol. The maximum atomic E-state index is 6.80. The first-order valence-electron chi connectivity index (χ1n) is 28.0. The number of alkyl halides is 2. The predicted octanol–water partition coefficient (Wildman–Crippen LogP) is 20.3. The third-order valence-corrected chi connectivity index (χ3v) is 15.5. The molecule has 0 aliphatic carbocycles. The van der Waals surface area contributed by atoms with Crippen LogP contribution >= 0.6 is 31.9 Å². The van der Waals surface area contributed by atoms with Crippen LogP contribution in [0.4, 0.5) is 0 Å². The molecule has 0 aromatic heterocycles. The lowest BCUT2D eigenvalue weighted by Crippen LogP contribution is -2.28. The van der Waals surface area contributed by atoms with Crippen LogP contribution in [0.2, 0.25) is 0 Å². The third kappa shape index (κ3) is 39.4. The zero-order valence-corrected chi connectivity index (χ0v) is 48.4. The Morgan fingerprint density at radius 3 is 0.762 bits per heavy atom. The van der Waals surface area contributed by atoms with Crippen molar-refractivity contribution >= 4 is 31.9 Å². The van der Waals surface area contributed by atoms with Crippen molar-refractivity contribution in [2.75, 3.05) is 23.9 Å². The van der Waals surface area contributed by atoms with E-state index in [1.165, 1.54) is 128 Å². The van der Waals surface area contributed by atoms with Gasteiger partial charge in [0.2, 0.25) is 0 Å². The van der Waals surface area contributed by atoms with Crippen LogP contribution < -0.4 is 0 Å². The van der Waals surface area contributed by atoms with Crippen LogP contribution in [0.25, 0.3) is 0 Å². The summed E-state index contributed by atoms with van der Waals surface area (Å²) in [6, 6.07) is 0. The van der Waals surface area contributed by atoms with Crippen molar-refractivity contribution < 1.29 is 14.2 Å². The quantitative estimate of drug-likeness (QED) is 0.0345. The van der Waals surface area contributed by atoms with Crippen molar-refractivity contribution in [3.8, 4) is 0 Å². The average Bonchev–Trinajstić information content (AvgIpc) is 3.18. The lowest BCUT2D eigenvalue weighted by atomic mass is 9.81. The molecule has 0 saturated carbocycles. The molecule has 0 radical (unpaired) electrons. The van der Waals surface area contributed by atoms with E-state index in [-0.39, 0.29) is 12.6 Å². The Labute approximate surface area is 415 Å². The second kappa shape index (κ2) is 41.8. The molecule has 0 amide bonds. The van der Waals surface area contributed by atoms with E-state index in [1.54, 1.807) is 0 Å². The Hall–Kier alpha value is 0.840. The molecule has 0 fully saturated rings. The van der Waals surface area contributed by atoms with Crippen LogP contribution in [0.5, 0.6) is 0 Å². The summed E-state index contributed by atoms with van der Waals surface area (Å²) in [5, 5.41) is 2.29. The Bertz CT molecular complexity index is 890. The lowest BCUT2D eigenvalue weighted by Gasteiger charge is -2.27. The van der Waals surface area contributed by atoms with Gasteiger partial charge in [0.15, 0.2) is 12.6 Å². The summed E-state index contributed by atoms with van der Waals surface area (Å²) < 4.78 is 19.8. The van der Waals surface area contributed by atoms with Gasteiger partial charge in [-0.1, -0.05) is 167 Å². The van der Waals surface area contributed by atoms with Crippen LogP contribution in [0, 0.1) is 71.0 Å². The summed E-state index contributed by atoms with van der Waals surface area (Å²) in [5.74, 6) is 9.70. The molecule has 63 heavy (non-hydrogen) atoms. The summed E-state index contributed by atoms with van der Waals surface area (Å²) in [6.45, 7) is 36.1. The summed E-state index contributed by atoms with van der Waals surface area (Å²) in [5.41, 5.74) is 0. The predicted molar refractivity (Wildman–Crippen MR) is 290 cm³/mol. The lowest BCUT2D eigenvalue weighted by molar-refractivity contribution is -0.250. The smallest absolute Gasteiger partial charge is 0.160 e. The summed E-state index contributed by atoms with van der Waals surface area (Å²) in [6.07, 6.45) is 32.6. The first-order valence-corrected chi connectivity index (χ1v) is 30.3. The van der Waals surface area contributed by atoms with E-state index >= 15 is 0 Å². The molecule has 5 heteroatoms. The van der Waals surface area contributed by atoms with E-state index < -0.39 is 0 Å². The SMILES string of the molecule is CCCCCOC(CCCC(C)CC(C)CC(C)CC(C)CC(C)CC(C)CCCBr)OC(CCCC(C)CC(C)CC(C)CC(C)CC(C)CC(C)CCCBr)OCCCCC. The van der Waals surface area contributed by atoms with E-state index in [1.807, 2.05) is 0 Å². The molecular formula is C58H116Br2O3. The molecule has 0 saturated heterocycles. The Balaban J connectivity index is 5.00. The van der Waals surface area contributed by atoms with Gasteiger partial charge in [0.25, 0.3) is 0 Å². The molecule has 14 unspecified atom stereocenters. The van der Waals surface area contributed by atoms with Gasteiger partial charge in [-0.25, -0.2) is 0 Å². The zero-order valence-electron chi connectivity index (χ0n) is 45.3. The molecule has 0 aromatic rings. The summed E-state index contributed by atoms with van der Waals surface area (Å²) in [4.78, 5) is 0. The molecule has 0 N–H and O–H groups in total. The van der Waals surface area contributed by atoms with Crippen molar-refractivity contribution in [2.24, 2.45) is 71.0 Å². The van der Waals surface area contributed by atoms with Crippen LogP contribution in [0.1, 0.15) is 264 Å². The highest BCUT2D eigenvalue weighted by molar-refractivity contribution is 9.09. The Kier molecular flexibility index (Phi) is 42.3. The van der Waals surface area contributed by atoms with Gasteiger partial charge in [-0.15, -0.1) is 0 Å². The minimum atomic E-state index is -0.161. The normalized spacial score (nSPS) is 19.0. The highest BCUT2D eigenvalue weighted by Crippen LogP contribution is 2.32. The van der Waals surface area contributed by atoms with E-state index in [0.29, 0.717) is 0 Å². The molecule has 0 bridgehead atoms. The topological polar surface area (TPSA) is 27.7 Å². The van der Waals surface area contributed by atoms with E-state index in [2.05, 4.69) is 129 Å². The first kappa shape index (κ1) is 63.8. The third-order valence-electron chi connectivity index (χ3n) is 14.4. The van der Waals surface area contributed by atoms with Gasteiger partial charge in [0.05, 0.1) is 0 Å². The molecule has 14 atom stereocenters. The standard InChI is InChI=1S/C58H116Br2O3/c1-15-17-19-33-61-57(29-21-25-45(3)35-49(7)39-53(11)43-55(13)41-51(9)37-47(5)27-23-31-59)63-58(62-34-20-18-16-2)30-22-26-46(4)36-50(8)40-54(12)44-56(14)42-52(10)38-48(6)28-24-32-60/h45-58H,15-44H2,1-14H3. The Morgan fingerprint density at radius 2 is 0.524 bits per heavy atom. The minimum absolute atomic E-state index is 0.161.